The fourth-order valence-electron chi connectivity index (χ4n) is 2.44. The van der Waals surface area contributed by atoms with Crippen molar-refractivity contribution in [3.63, 3.8) is 0 Å². The van der Waals surface area contributed by atoms with Crippen LogP contribution in [0.15, 0.2) is 24.4 Å². The van der Waals surface area contributed by atoms with Crippen LogP contribution in [-0.4, -0.2) is 43.7 Å². The van der Waals surface area contributed by atoms with E-state index in [0.29, 0.717) is 12.6 Å². The van der Waals surface area contributed by atoms with E-state index in [1.165, 1.54) is 6.08 Å². The number of hydrogen-bond donors (Lipinski definition) is 1. The van der Waals surface area contributed by atoms with Gasteiger partial charge < -0.3 is 15.0 Å². The predicted molar refractivity (Wildman–Crippen MR) is 98.7 cm³/mol. The van der Waals surface area contributed by atoms with Gasteiger partial charge in [-0.3, -0.25) is 0 Å². The zero-order valence-corrected chi connectivity index (χ0v) is 15.2. The Labute approximate surface area is 150 Å². The van der Waals surface area contributed by atoms with E-state index < -0.39 is 0 Å². The smallest absolute Gasteiger partial charge is 0.330 e. The third-order valence-corrected chi connectivity index (χ3v) is 3.69. The third kappa shape index (κ3) is 6.77. The van der Waals surface area contributed by atoms with E-state index in [4.69, 9.17) is 4.74 Å². The first kappa shape index (κ1) is 21.7. The number of nitrogens with one attached hydrogen (secondary N) is 1. The quantitative estimate of drug-likeness (QED) is 0.645. The highest BCUT2D eigenvalue weighted by atomic mass is 35.5. The first-order valence-corrected chi connectivity index (χ1v) is 7.45. The molecule has 0 radical (unpaired) electrons. The Morgan fingerprint density at radius 3 is 2.65 bits per heavy atom. The first-order valence-electron chi connectivity index (χ1n) is 7.45. The number of anilines is 1. The number of rotatable bonds is 5. The summed E-state index contributed by atoms with van der Waals surface area (Å²) in [6.45, 7) is 4.31. The molecule has 130 valence electrons. The van der Waals surface area contributed by atoms with Gasteiger partial charge in [0.2, 0.25) is 0 Å². The van der Waals surface area contributed by atoms with Gasteiger partial charge in [-0.05, 0) is 56.6 Å². The maximum atomic E-state index is 11.3. The van der Waals surface area contributed by atoms with E-state index in [1.54, 1.807) is 19.2 Å². The topological polar surface area (TPSA) is 54.5 Å². The van der Waals surface area contributed by atoms with E-state index in [0.717, 1.165) is 37.3 Å². The largest absolute Gasteiger partial charge is 0.463 e. The molecule has 23 heavy (non-hydrogen) atoms. The van der Waals surface area contributed by atoms with E-state index >= 15 is 0 Å². The Balaban J connectivity index is 0.00000242. The molecule has 2 heterocycles. The Morgan fingerprint density at radius 2 is 2.09 bits per heavy atom. The van der Waals surface area contributed by atoms with Gasteiger partial charge in [0.15, 0.2) is 0 Å². The monoisotopic (exact) mass is 361 g/mol. The van der Waals surface area contributed by atoms with Gasteiger partial charge in [-0.1, -0.05) is 0 Å². The predicted octanol–water partition coefficient (Wildman–Crippen LogP) is 2.69. The van der Waals surface area contributed by atoms with Gasteiger partial charge in [0.1, 0.15) is 5.82 Å². The molecule has 1 aromatic heterocycles. The number of nitrogens with zero attached hydrogens (tertiary/aromatic N) is 2. The molecule has 0 aromatic carbocycles. The second kappa shape index (κ2) is 11.3. The van der Waals surface area contributed by atoms with E-state index in [9.17, 15) is 4.79 Å². The zero-order valence-electron chi connectivity index (χ0n) is 13.5. The summed E-state index contributed by atoms with van der Waals surface area (Å²) in [6.07, 6.45) is 7.21. The molecule has 1 fully saturated rings. The summed E-state index contributed by atoms with van der Waals surface area (Å²) < 4.78 is 4.84. The number of esters is 1. The highest BCUT2D eigenvalue weighted by Gasteiger charge is 2.18. The Morgan fingerprint density at radius 1 is 1.39 bits per heavy atom. The lowest BCUT2D eigenvalue weighted by atomic mass is 10.1. The number of ether oxygens (including phenoxy) is 1. The summed E-state index contributed by atoms with van der Waals surface area (Å²) in [5.74, 6) is 0.642. The lowest BCUT2D eigenvalue weighted by Crippen LogP contribution is -2.41. The van der Waals surface area contributed by atoms with Crippen LogP contribution in [0.1, 0.15) is 25.3 Å². The minimum Gasteiger partial charge on any atom is -0.463 e. The minimum absolute atomic E-state index is 0. The second-order valence-corrected chi connectivity index (χ2v) is 5.13. The van der Waals surface area contributed by atoms with Crippen LogP contribution in [0.5, 0.6) is 0 Å². The van der Waals surface area contributed by atoms with Crippen LogP contribution in [0, 0.1) is 0 Å². The van der Waals surface area contributed by atoms with Gasteiger partial charge in [-0.2, -0.15) is 0 Å². The van der Waals surface area contributed by atoms with Crippen LogP contribution in [0.2, 0.25) is 0 Å². The number of pyridine rings is 1. The highest BCUT2D eigenvalue weighted by Crippen LogP contribution is 2.18. The van der Waals surface area contributed by atoms with Gasteiger partial charge >= 0.3 is 5.97 Å². The number of aromatic nitrogens is 1. The number of piperidine rings is 1. The molecule has 1 N–H and O–H groups in total. The molecule has 1 aliphatic heterocycles. The van der Waals surface area contributed by atoms with Gasteiger partial charge in [0.05, 0.1) is 6.61 Å². The van der Waals surface area contributed by atoms with Gasteiger partial charge in [-0.15, -0.1) is 24.8 Å². The van der Waals surface area contributed by atoms with Gasteiger partial charge in [-0.25, -0.2) is 9.78 Å². The molecule has 0 atom stereocenters. The summed E-state index contributed by atoms with van der Waals surface area (Å²) in [7, 11) is 2.09. The lowest BCUT2D eigenvalue weighted by molar-refractivity contribution is -0.137. The zero-order chi connectivity index (χ0) is 15.1. The first-order chi connectivity index (χ1) is 10.2. The number of carbonyl (C=O) groups excluding carboxylic acids is 1. The van der Waals surface area contributed by atoms with Crippen LogP contribution in [0.4, 0.5) is 5.82 Å². The fraction of sp³-hybridized carbons (Fsp3) is 0.500. The normalized spacial score (nSPS) is 14.7. The van der Waals surface area contributed by atoms with Crippen LogP contribution >= 0.6 is 24.8 Å². The molecule has 0 amide bonds. The summed E-state index contributed by atoms with van der Waals surface area (Å²) in [4.78, 5) is 18.0. The molecule has 2 rings (SSSR count). The molecule has 0 unspecified atom stereocenters. The van der Waals surface area contributed by atoms with Crippen molar-refractivity contribution in [3.8, 4) is 0 Å². The Hall–Kier alpha value is -1.30. The van der Waals surface area contributed by atoms with E-state index in [-0.39, 0.29) is 30.8 Å². The van der Waals surface area contributed by atoms with E-state index in [2.05, 4.69) is 22.2 Å². The van der Waals surface area contributed by atoms with Crippen molar-refractivity contribution in [2.24, 2.45) is 0 Å². The number of carbonyl (C=O) groups is 1. The fourth-order valence-corrected chi connectivity index (χ4v) is 2.44. The van der Waals surface area contributed by atoms with Crippen molar-refractivity contribution in [1.82, 2.24) is 10.3 Å². The average molecular weight is 362 g/mol. The highest BCUT2D eigenvalue weighted by molar-refractivity contribution is 5.87. The molecule has 0 spiro atoms. The third-order valence-electron chi connectivity index (χ3n) is 3.69. The molecular formula is C16H25Cl2N3O2. The maximum Gasteiger partial charge on any atom is 0.330 e. The Bertz CT molecular complexity index is 489. The SMILES string of the molecule is CCOC(=O)/C=C/c1ccc(N(C)C2CCNCC2)nc1.Cl.Cl. The van der Waals surface area contributed by atoms with Crippen molar-refractivity contribution in [2.45, 2.75) is 25.8 Å². The molecule has 1 aliphatic rings. The molecular weight excluding hydrogens is 337 g/mol. The van der Waals surface area contributed by atoms with E-state index in [1.807, 2.05) is 12.1 Å². The van der Waals surface area contributed by atoms with Crippen molar-refractivity contribution in [2.75, 3.05) is 31.6 Å². The van der Waals surface area contributed by atoms with Crippen LogP contribution < -0.4 is 10.2 Å². The summed E-state index contributed by atoms with van der Waals surface area (Å²) in [5.41, 5.74) is 0.894. The minimum atomic E-state index is -0.326. The number of halogens is 2. The van der Waals surface area contributed by atoms with Crippen molar-refractivity contribution in [3.05, 3.63) is 30.0 Å². The number of hydrogen-bond acceptors (Lipinski definition) is 5. The molecule has 5 nitrogen and oxygen atoms in total. The molecule has 7 heteroatoms. The Kier molecular flexibility index (Phi) is 10.6. The van der Waals surface area contributed by atoms with Crippen LogP contribution in [-0.2, 0) is 9.53 Å². The van der Waals surface area contributed by atoms with Crippen LogP contribution in [0.25, 0.3) is 6.08 Å². The second-order valence-electron chi connectivity index (χ2n) is 5.13. The van der Waals surface area contributed by atoms with Crippen LogP contribution in [0.3, 0.4) is 0 Å². The maximum absolute atomic E-state index is 11.3. The van der Waals surface area contributed by atoms with Crippen molar-refractivity contribution in [1.29, 1.82) is 0 Å². The molecule has 0 saturated carbocycles. The van der Waals surface area contributed by atoms with Gasteiger partial charge in [0, 0.05) is 25.4 Å². The average Bonchev–Trinajstić information content (AvgIpc) is 2.54. The van der Waals surface area contributed by atoms with Crippen molar-refractivity contribution < 1.29 is 9.53 Å². The lowest BCUT2D eigenvalue weighted by Gasteiger charge is -2.32. The summed E-state index contributed by atoms with van der Waals surface area (Å²) >= 11 is 0. The summed E-state index contributed by atoms with van der Waals surface area (Å²) in [5, 5.41) is 3.37. The molecule has 0 bridgehead atoms. The standard InChI is InChI=1S/C16H23N3O2.2ClH/c1-3-21-16(20)7-5-13-4-6-15(18-12-13)19(2)14-8-10-17-11-9-14;;/h4-7,12,14,17H,3,8-11H2,1-2H3;2*1H/b7-5+;;. The van der Waals surface area contributed by atoms with Crippen molar-refractivity contribution >= 4 is 42.7 Å². The molecule has 1 saturated heterocycles. The molecule has 1 aromatic rings. The molecule has 0 aliphatic carbocycles. The van der Waals surface area contributed by atoms with Gasteiger partial charge in [0.25, 0.3) is 0 Å². The summed E-state index contributed by atoms with van der Waals surface area (Å²) in [6, 6.07) is 4.50.